The number of halogens is 2. The van der Waals surface area contributed by atoms with Crippen LogP contribution in [0.25, 0.3) is 0 Å². The molecule has 0 amide bonds. The molecule has 0 bridgehead atoms. The fourth-order valence-corrected chi connectivity index (χ4v) is 9.17. The van der Waals surface area contributed by atoms with Gasteiger partial charge in [-0.2, -0.15) is 0 Å². The van der Waals surface area contributed by atoms with Gasteiger partial charge >= 0.3 is 16.8 Å². The summed E-state index contributed by atoms with van der Waals surface area (Å²) in [4.78, 5) is 0. The number of hydrogen-bond donors (Lipinski definition) is 0. The van der Waals surface area contributed by atoms with Crippen LogP contribution in [0.4, 0.5) is 8.22 Å². The number of rotatable bonds is 8. The number of hydrogen-bond acceptors (Lipinski definition) is 0. The van der Waals surface area contributed by atoms with Crippen molar-refractivity contribution in [2.24, 2.45) is 0 Å². The fraction of sp³-hybridized carbons (Fsp3) is 0.364. The van der Waals surface area contributed by atoms with E-state index >= 15 is 8.22 Å². The monoisotopic (exact) mass is 386 g/mol. The van der Waals surface area contributed by atoms with Crippen molar-refractivity contribution in [3.05, 3.63) is 71.8 Å². The zero-order valence-electron chi connectivity index (χ0n) is 15.8. The van der Waals surface area contributed by atoms with Crippen molar-refractivity contribution in [2.45, 2.75) is 50.9 Å². The van der Waals surface area contributed by atoms with Crippen LogP contribution in [0.1, 0.15) is 37.8 Å². The second-order valence-corrected chi connectivity index (χ2v) is 13.1. The maximum Gasteiger partial charge on any atom is 0.326 e. The summed E-state index contributed by atoms with van der Waals surface area (Å²) >= 11 is 0. The van der Waals surface area contributed by atoms with Crippen LogP contribution in [0.15, 0.2) is 60.7 Å². The molecule has 0 N–H and O–H groups in total. The van der Waals surface area contributed by atoms with E-state index < -0.39 is 16.8 Å². The first-order valence-electron chi connectivity index (χ1n) is 9.48. The average Bonchev–Trinajstić information content (AvgIpc) is 2.62. The molecule has 2 atom stereocenters. The van der Waals surface area contributed by atoms with Gasteiger partial charge in [-0.05, 0) is 23.2 Å². The van der Waals surface area contributed by atoms with E-state index in [-0.39, 0.29) is 0 Å². The number of benzene rings is 2. The first-order chi connectivity index (χ1) is 12.5. The summed E-state index contributed by atoms with van der Waals surface area (Å²) in [6, 6.07) is 20.9. The molecule has 4 heteroatoms. The lowest BCUT2D eigenvalue weighted by molar-refractivity contribution is 0.761. The van der Waals surface area contributed by atoms with E-state index in [0.29, 0.717) is 24.2 Å². The van der Waals surface area contributed by atoms with Crippen LogP contribution in [0.5, 0.6) is 0 Å². The predicted molar refractivity (Wildman–Crippen MR) is 112 cm³/mol. The lowest BCUT2D eigenvalue weighted by atomic mass is 10.2. The van der Waals surface area contributed by atoms with Crippen LogP contribution >= 0.6 is 0 Å². The normalized spacial score (nSPS) is 15.4. The van der Waals surface area contributed by atoms with Crippen molar-refractivity contribution in [3.63, 3.8) is 0 Å². The molecule has 0 aromatic heterocycles. The molecule has 0 aliphatic heterocycles. The summed E-state index contributed by atoms with van der Waals surface area (Å²) in [6.45, 7) is 3.95. The Morgan fingerprint density at radius 2 is 1.00 bits per heavy atom. The first-order valence-corrected chi connectivity index (χ1v) is 14.1. The van der Waals surface area contributed by atoms with Gasteiger partial charge < -0.3 is 0 Å². The van der Waals surface area contributed by atoms with Crippen LogP contribution in [0.2, 0.25) is 12.1 Å². The molecule has 0 radical (unpaired) electrons. The smallest absolute Gasteiger partial charge is 0.297 e. The quantitative estimate of drug-likeness (QED) is 0.284. The molecule has 2 rings (SSSR count). The Hall–Kier alpha value is -1.71. The standard InChI is InChI=1S/C22H28F2Si2/c1-3-15-25(23,19-21-11-7-5-8-12-21)17-18-26(24,16-4-2)20-22-13-9-6-10-14-22/h5-14H,3-4,15-16,19-20H2,1-2H3. The molecule has 0 aliphatic carbocycles. The summed E-state index contributed by atoms with van der Waals surface area (Å²) in [5, 5.41) is 0. The average molecular weight is 387 g/mol. The minimum atomic E-state index is -3.31. The van der Waals surface area contributed by atoms with Gasteiger partial charge in [0.2, 0.25) is 0 Å². The first kappa shape index (κ1) is 20.6. The molecular weight excluding hydrogens is 358 g/mol. The van der Waals surface area contributed by atoms with E-state index in [4.69, 9.17) is 0 Å². The highest BCUT2D eigenvalue weighted by Crippen LogP contribution is 2.23. The minimum Gasteiger partial charge on any atom is -0.297 e. The summed E-state index contributed by atoms with van der Waals surface area (Å²) < 4.78 is 31.2. The van der Waals surface area contributed by atoms with Crippen LogP contribution < -0.4 is 0 Å². The molecule has 138 valence electrons. The Labute approximate surface area is 159 Å². The molecular formula is C22H28F2Si2. The molecule has 0 nitrogen and oxygen atoms in total. The van der Waals surface area contributed by atoms with Crippen LogP contribution in [0.3, 0.4) is 0 Å². The van der Waals surface area contributed by atoms with Crippen molar-refractivity contribution in [1.29, 1.82) is 0 Å². The largest absolute Gasteiger partial charge is 0.326 e. The van der Waals surface area contributed by atoms with Crippen LogP contribution in [0, 0.1) is 11.1 Å². The van der Waals surface area contributed by atoms with E-state index in [9.17, 15) is 0 Å². The molecule has 0 heterocycles. The lowest BCUT2D eigenvalue weighted by Crippen LogP contribution is -2.35. The maximum atomic E-state index is 15.6. The fourth-order valence-electron chi connectivity index (χ4n) is 3.25. The van der Waals surface area contributed by atoms with Crippen molar-refractivity contribution in [3.8, 4) is 11.1 Å². The van der Waals surface area contributed by atoms with Crippen molar-refractivity contribution in [1.82, 2.24) is 0 Å². The Bertz CT molecular complexity index is 663. The highest BCUT2D eigenvalue weighted by Gasteiger charge is 2.36. The van der Waals surface area contributed by atoms with Gasteiger partial charge in [-0.1, -0.05) is 98.4 Å². The predicted octanol–water partition coefficient (Wildman–Crippen LogP) is 6.28. The van der Waals surface area contributed by atoms with Crippen LogP contribution in [-0.4, -0.2) is 16.8 Å². The maximum absolute atomic E-state index is 15.6. The Kier molecular flexibility index (Phi) is 7.80. The minimum absolute atomic E-state index is 0.358. The van der Waals surface area contributed by atoms with Gasteiger partial charge in [-0.25, -0.2) is 0 Å². The Balaban J connectivity index is 2.25. The molecule has 2 unspecified atom stereocenters. The molecule has 26 heavy (non-hydrogen) atoms. The Morgan fingerprint density at radius 1 is 0.654 bits per heavy atom. The second-order valence-electron chi connectivity index (χ2n) is 7.01. The SMILES string of the molecule is CCC[Si](F)(C#C[Si](F)(CCC)Cc1ccccc1)Cc1ccccc1. The Morgan fingerprint density at radius 3 is 1.31 bits per heavy atom. The van der Waals surface area contributed by atoms with E-state index in [1.54, 1.807) is 0 Å². The zero-order valence-corrected chi connectivity index (χ0v) is 17.8. The third kappa shape index (κ3) is 6.55. The molecule has 0 spiro atoms. The van der Waals surface area contributed by atoms with Gasteiger partial charge in [0.25, 0.3) is 0 Å². The van der Waals surface area contributed by atoms with Gasteiger partial charge in [0, 0.05) is 12.1 Å². The van der Waals surface area contributed by atoms with Gasteiger partial charge in [-0.15, -0.1) is 0 Å². The van der Waals surface area contributed by atoms with Crippen molar-refractivity contribution < 1.29 is 8.22 Å². The van der Waals surface area contributed by atoms with E-state index in [0.717, 1.165) is 24.0 Å². The zero-order chi connectivity index (χ0) is 18.9. The second kappa shape index (κ2) is 9.84. The van der Waals surface area contributed by atoms with Gasteiger partial charge in [-0.3, -0.25) is 8.22 Å². The molecule has 0 aliphatic rings. The molecule has 0 saturated carbocycles. The van der Waals surface area contributed by atoms with Gasteiger partial charge in [0.15, 0.2) is 0 Å². The van der Waals surface area contributed by atoms with E-state index in [1.165, 1.54) is 0 Å². The summed E-state index contributed by atoms with van der Waals surface area (Å²) in [5.74, 6) is 0. The summed E-state index contributed by atoms with van der Waals surface area (Å²) in [5.41, 5.74) is 7.73. The topological polar surface area (TPSA) is 0 Å². The third-order valence-corrected chi connectivity index (χ3v) is 10.4. The molecule has 0 fully saturated rings. The molecule has 2 aromatic carbocycles. The highest BCUT2D eigenvalue weighted by molar-refractivity contribution is 6.86. The third-order valence-electron chi connectivity index (χ3n) is 4.46. The molecule has 2 aromatic rings. The molecule has 0 saturated heterocycles. The highest BCUT2D eigenvalue weighted by atomic mass is 28.4. The van der Waals surface area contributed by atoms with E-state index in [1.807, 2.05) is 74.5 Å². The summed E-state index contributed by atoms with van der Waals surface area (Å²) in [6.07, 6.45) is 1.50. The summed E-state index contributed by atoms with van der Waals surface area (Å²) in [7, 11) is -6.63. The lowest BCUT2D eigenvalue weighted by Gasteiger charge is -2.19. The van der Waals surface area contributed by atoms with Gasteiger partial charge in [0.05, 0.1) is 0 Å². The van der Waals surface area contributed by atoms with Crippen molar-refractivity contribution >= 4 is 16.8 Å². The van der Waals surface area contributed by atoms with Gasteiger partial charge in [0.1, 0.15) is 0 Å². The van der Waals surface area contributed by atoms with E-state index in [2.05, 4.69) is 11.1 Å². The van der Waals surface area contributed by atoms with Crippen molar-refractivity contribution in [2.75, 3.05) is 0 Å². The van der Waals surface area contributed by atoms with Crippen LogP contribution in [-0.2, 0) is 12.1 Å².